The summed E-state index contributed by atoms with van der Waals surface area (Å²) in [7, 11) is 0. The van der Waals surface area contributed by atoms with Gasteiger partial charge in [-0.05, 0) is 110 Å². The van der Waals surface area contributed by atoms with E-state index in [0.717, 1.165) is 75.6 Å². The maximum atomic E-state index is 9.34. The molecule has 324 valence electrons. The number of hydrogen-bond donors (Lipinski definition) is 0. The second-order valence-corrected chi connectivity index (χ2v) is 20.3. The Kier molecular flexibility index (Phi) is 8.66. The number of benzene rings is 6. The number of hydrogen-bond acceptors (Lipinski definition) is 2. The van der Waals surface area contributed by atoms with E-state index in [1.54, 1.807) is 0 Å². The Bertz CT molecular complexity index is 3550. The molecule has 0 N–H and O–H groups in total. The Morgan fingerprint density at radius 2 is 1.44 bits per heavy atom. The normalized spacial score (nSPS) is 18.7. The predicted molar refractivity (Wildman–Crippen MR) is 256 cm³/mol. The van der Waals surface area contributed by atoms with Crippen molar-refractivity contribution >= 4 is 32.8 Å². The van der Waals surface area contributed by atoms with Crippen LogP contribution in [0.1, 0.15) is 110 Å². The number of aromatic nitrogens is 4. The van der Waals surface area contributed by atoms with Crippen LogP contribution in [0.5, 0.6) is 11.5 Å². The van der Waals surface area contributed by atoms with Gasteiger partial charge in [0.15, 0.2) is 0 Å². The third-order valence-corrected chi connectivity index (χ3v) is 14.1. The van der Waals surface area contributed by atoms with E-state index in [9.17, 15) is 2.74 Å². The monoisotopic (exact) mass is 1020 g/mol. The molecule has 0 spiro atoms. The number of imidazole rings is 1. The van der Waals surface area contributed by atoms with Gasteiger partial charge in [-0.1, -0.05) is 140 Å². The molecule has 3 heterocycles. The van der Waals surface area contributed by atoms with Gasteiger partial charge >= 0.3 is 0 Å². The topological polar surface area (TPSA) is 35.9 Å². The summed E-state index contributed by atoms with van der Waals surface area (Å²) in [6.07, 6.45) is 9.62. The Hall–Kier alpha value is -5.77. The molecule has 6 heteroatoms. The standard InChI is InChI=1S/C58H54N4O.Pt/c1-55(2,3)39-27-32-59-51(33-39)62-47-22-13-12-21-43(47)44-26-25-42(35-50(44)62)63-41-20-16-19-40(34-41)60-37-61(49-24-15-14-23-48(49)60)54-45(38-17-10-9-11-18-38)36-46-52-53(54)57(6,7)29-31-58(52,8)30-28-56(46,4)5;/h9-27,32-33,36H,28-31H2,1-8H3;/q-2;/i9D,10D,11D,17D,18D;. The summed E-state index contributed by atoms with van der Waals surface area (Å²) in [6, 6.07) is 38.3. The van der Waals surface area contributed by atoms with Crippen molar-refractivity contribution in [1.29, 1.82) is 0 Å². The van der Waals surface area contributed by atoms with Crippen molar-refractivity contribution in [2.75, 3.05) is 0 Å². The van der Waals surface area contributed by atoms with Crippen LogP contribution < -0.4 is 9.30 Å². The predicted octanol–water partition coefficient (Wildman–Crippen LogP) is 14.0. The first-order valence-electron chi connectivity index (χ1n) is 24.7. The largest absolute Gasteiger partial charge is 0.510 e. The number of nitrogens with zero attached hydrogens (tertiary/aromatic N) is 4. The van der Waals surface area contributed by atoms with Gasteiger partial charge in [0.25, 0.3) is 6.33 Å². The number of pyridine rings is 1. The molecule has 0 saturated carbocycles. The van der Waals surface area contributed by atoms with Crippen molar-refractivity contribution in [3.05, 3.63) is 174 Å². The van der Waals surface area contributed by atoms with E-state index in [1.807, 2.05) is 53.2 Å². The van der Waals surface area contributed by atoms with Crippen molar-refractivity contribution in [3.63, 3.8) is 0 Å². The molecule has 5 nitrogen and oxygen atoms in total. The molecule has 0 fully saturated rings. The van der Waals surface area contributed by atoms with E-state index in [-0.39, 0.29) is 72.5 Å². The maximum Gasteiger partial charge on any atom is 0.268 e. The van der Waals surface area contributed by atoms with E-state index in [4.69, 9.17) is 13.8 Å². The van der Waals surface area contributed by atoms with Gasteiger partial charge in [-0.2, -0.15) is 18.2 Å². The van der Waals surface area contributed by atoms with Crippen LogP contribution in [-0.2, 0) is 42.7 Å². The zero-order valence-corrected chi connectivity index (χ0v) is 39.9. The first kappa shape index (κ1) is 36.6. The molecule has 3 aromatic heterocycles. The molecular formula is C58H54N4OPt-2. The summed E-state index contributed by atoms with van der Waals surface area (Å²) in [5, 5.41) is 2.15. The van der Waals surface area contributed by atoms with E-state index in [2.05, 4.69) is 138 Å². The molecule has 0 aliphatic heterocycles. The minimum Gasteiger partial charge on any atom is -0.510 e. The summed E-state index contributed by atoms with van der Waals surface area (Å²) in [5.41, 5.74) is 10.0. The zero-order valence-electron chi connectivity index (χ0n) is 42.7. The zero-order chi connectivity index (χ0) is 47.8. The smallest absolute Gasteiger partial charge is 0.268 e. The third-order valence-electron chi connectivity index (χ3n) is 14.1. The van der Waals surface area contributed by atoms with E-state index in [1.165, 1.54) is 16.7 Å². The molecular weight excluding hydrogens is 964 g/mol. The van der Waals surface area contributed by atoms with Gasteiger partial charge in [-0.25, -0.2) is 4.98 Å². The molecule has 1 atom stereocenters. The molecule has 6 aromatic carbocycles. The van der Waals surface area contributed by atoms with Crippen molar-refractivity contribution in [3.8, 4) is 39.8 Å². The van der Waals surface area contributed by atoms with E-state index < -0.39 is 6.04 Å². The van der Waals surface area contributed by atoms with Crippen LogP contribution in [0.25, 0.3) is 61.2 Å². The van der Waals surface area contributed by atoms with Gasteiger partial charge < -0.3 is 13.9 Å². The van der Waals surface area contributed by atoms with Gasteiger partial charge in [-0.3, -0.25) is 4.57 Å². The average Bonchev–Trinajstić information content (AvgIpc) is 3.86. The van der Waals surface area contributed by atoms with Crippen LogP contribution in [0.3, 0.4) is 0 Å². The van der Waals surface area contributed by atoms with Gasteiger partial charge in [0.1, 0.15) is 5.82 Å². The molecule has 9 aromatic rings. The van der Waals surface area contributed by atoms with Crippen LogP contribution in [0.15, 0.2) is 133 Å². The van der Waals surface area contributed by atoms with E-state index >= 15 is 0 Å². The van der Waals surface area contributed by atoms with Crippen LogP contribution in [0.4, 0.5) is 0 Å². The number of fused-ring (bicyclic) bond motifs is 4. The second-order valence-electron chi connectivity index (χ2n) is 20.3. The fraction of sp³-hybridized carbons (Fsp3) is 0.276. The van der Waals surface area contributed by atoms with Crippen LogP contribution >= 0.6 is 0 Å². The fourth-order valence-corrected chi connectivity index (χ4v) is 10.4. The van der Waals surface area contributed by atoms with Crippen molar-refractivity contribution < 1.29 is 37.2 Å². The minimum atomic E-state index is -0.408. The van der Waals surface area contributed by atoms with Gasteiger partial charge in [0.2, 0.25) is 0 Å². The summed E-state index contributed by atoms with van der Waals surface area (Å²) in [6.45, 7) is 18.2. The van der Waals surface area contributed by atoms with Crippen molar-refractivity contribution in [1.82, 2.24) is 14.1 Å². The van der Waals surface area contributed by atoms with Crippen molar-refractivity contribution in [2.45, 2.75) is 103 Å². The molecule has 1 unspecified atom stereocenters. The molecule has 0 radical (unpaired) electrons. The average molecular weight is 1020 g/mol. The summed E-state index contributed by atoms with van der Waals surface area (Å²) in [5.74, 6) is 1.84. The molecule has 0 bridgehead atoms. The molecule has 2 aliphatic rings. The van der Waals surface area contributed by atoms with Crippen LogP contribution in [0.2, 0.25) is 0 Å². The summed E-state index contributed by atoms with van der Waals surface area (Å²) < 4.78 is 57.7. The van der Waals surface area contributed by atoms with Gasteiger partial charge in [-0.15, -0.1) is 29.7 Å². The summed E-state index contributed by atoms with van der Waals surface area (Å²) in [4.78, 5) is 4.85. The quantitative estimate of drug-likeness (QED) is 0.123. The number of para-hydroxylation sites is 3. The second kappa shape index (κ2) is 15.2. The Labute approximate surface area is 399 Å². The molecule has 0 saturated heterocycles. The molecule has 64 heavy (non-hydrogen) atoms. The van der Waals surface area contributed by atoms with Gasteiger partial charge in [0.05, 0.1) is 23.6 Å². The SMILES string of the molecule is [2H]c1c([2H])c([2H])c(-c2cc3c4c(c2-[n+]2[c-]n(-c5[c-]c(Oc6[c-]c7c(cc6)c6ccccc6n7-c6cc(C(C)(C)C)ccn6)ccc5)c5ccccc52)C(C)(C)CCC4(C)CCC3(C)C)c([2H])c1[2H].[Pt]. The van der Waals surface area contributed by atoms with Crippen molar-refractivity contribution in [2.24, 2.45) is 0 Å². The van der Waals surface area contributed by atoms with Crippen LogP contribution in [-0.4, -0.2) is 14.1 Å². The molecule has 11 rings (SSSR count). The Morgan fingerprint density at radius 3 is 2.22 bits per heavy atom. The molecule has 0 amide bonds. The third kappa shape index (κ3) is 6.76. The number of ether oxygens (including phenoxy) is 1. The first-order chi connectivity index (χ1) is 32.3. The van der Waals surface area contributed by atoms with Crippen LogP contribution in [0, 0.1) is 18.5 Å². The Balaban J connectivity index is 0.00000553. The fourth-order valence-electron chi connectivity index (χ4n) is 10.4. The Morgan fingerprint density at radius 1 is 0.719 bits per heavy atom. The van der Waals surface area contributed by atoms with E-state index in [0.29, 0.717) is 22.7 Å². The maximum absolute atomic E-state index is 9.34. The molecule has 2 aliphatic carbocycles. The summed E-state index contributed by atoms with van der Waals surface area (Å²) >= 11 is 0. The first-order valence-corrected chi connectivity index (χ1v) is 22.2. The minimum absolute atomic E-state index is 0. The van der Waals surface area contributed by atoms with Gasteiger partial charge in [0, 0.05) is 44.3 Å². The number of rotatable bonds is 6.